The molecule has 28 heavy (non-hydrogen) atoms. The first-order valence-corrected chi connectivity index (χ1v) is 8.91. The van der Waals surface area contributed by atoms with Crippen molar-refractivity contribution in [3.8, 4) is 5.88 Å². The Bertz CT molecular complexity index is 1220. The fraction of sp³-hybridized carbons (Fsp3) is 0.111. The summed E-state index contributed by atoms with van der Waals surface area (Å²) in [5.74, 6) is -1.11. The number of nitrogens with one attached hydrogen (secondary N) is 2. The lowest BCUT2D eigenvalue weighted by Crippen LogP contribution is -2.25. The molecule has 0 unspecified atom stereocenters. The number of aromatic amines is 1. The molecule has 10 heteroatoms. The molecule has 2 aromatic heterocycles. The molecule has 1 aromatic carbocycles. The van der Waals surface area contributed by atoms with Gasteiger partial charge in [0.15, 0.2) is 5.56 Å². The van der Waals surface area contributed by atoms with Crippen molar-refractivity contribution in [3.05, 3.63) is 63.8 Å². The highest BCUT2D eigenvalue weighted by atomic mass is 32.1. The largest absolute Gasteiger partial charge is 0.493 e. The van der Waals surface area contributed by atoms with Crippen LogP contribution in [0.5, 0.6) is 5.88 Å². The van der Waals surface area contributed by atoms with E-state index in [1.54, 1.807) is 18.2 Å². The minimum atomic E-state index is -0.766. The molecule has 4 rings (SSSR count). The molecule has 9 nitrogen and oxygen atoms in total. The second-order valence-corrected chi connectivity index (χ2v) is 6.26. The maximum Gasteiger partial charge on any atom is 0.267 e. The first kappa shape index (κ1) is 17.9. The van der Waals surface area contributed by atoms with Crippen molar-refractivity contribution in [2.24, 2.45) is 10.2 Å². The second-order valence-electron chi connectivity index (χ2n) is 5.94. The summed E-state index contributed by atoms with van der Waals surface area (Å²) in [7, 11) is 0. The summed E-state index contributed by atoms with van der Waals surface area (Å²) in [6.07, 6.45) is 1.89. The number of aromatic nitrogens is 3. The lowest BCUT2D eigenvalue weighted by molar-refractivity contribution is 0.102. The first-order chi connectivity index (χ1) is 13.5. The topological polar surface area (TPSA) is 133 Å². The fourth-order valence-corrected chi connectivity index (χ4v) is 2.92. The number of azo groups is 1. The third-order valence-corrected chi connectivity index (χ3v) is 4.38. The minimum absolute atomic E-state index is 0.128. The van der Waals surface area contributed by atoms with E-state index in [1.165, 1.54) is 0 Å². The summed E-state index contributed by atoms with van der Waals surface area (Å²) in [6.45, 7) is 0.551. The third kappa shape index (κ3) is 3.37. The van der Waals surface area contributed by atoms with Gasteiger partial charge in [-0.2, -0.15) is 27.8 Å². The molecule has 3 aromatic rings. The molecule has 0 saturated carbocycles. The summed E-state index contributed by atoms with van der Waals surface area (Å²) in [5, 5.41) is 21.2. The van der Waals surface area contributed by atoms with Crippen molar-refractivity contribution in [2.45, 2.75) is 5.75 Å². The number of pyridine rings is 1. The number of aromatic hydroxyl groups is 1. The first-order valence-electron chi connectivity index (χ1n) is 8.28. The summed E-state index contributed by atoms with van der Waals surface area (Å²) < 4.78 is 0. The van der Waals surface area contributed by atoms with E-state index < -0.39 is 22.9 Å². The number of H-pyrrole nitrogens is 1. The van der Waals surface area contributed by atoms with Gasteiger partial charge < -0.3 is 15.4 Å². The third-order valence-electron chi connectivity index (χ3n) is 4.08. The molecular weight excluding hydrogens is 380 g/mol. The average Bonchev–Trinajstić information content (AvgIpc) is 3.21. The van der Waals surface area contributed by atoms with E-state index >= 15 is 0 Å². The number of hydrogen-bond donors (Lipinski definition) is 4. The van der Waals surface area contributed by atoms with Gasteiger partial charge in [0.25, 0.3) is 11.5 Å². The number of fused-ring (bicyclic) bond motifs is 1. The predicted molar refractivity (Wildman–Crippen MR) is 107 cm³/mol. The number of nitrogens with zero attached hydrogens (tertiary/aromatic N) is 4. The molecule has 0 radical (unpaired) electrons. The Morgan fingerprint density at radius 2 is 2.11 bits per heavy atom. The standard InChI is InChI=1S/C18H14N6O3S/c25-16(15-17(26)22-14(8-28)23-18(15)27)20-10-2-4-11-9(7-10)1-3-12(21-11)13-5-6-19-24-13/h1-5,7,28H,6,8H2,(H,20,25)(H2,22,23,26,27). The fourth-order valence-electron chi connectivity index (χ4n) is 2.77. The van der Waals surface area contributed by atoms with E-state index in [0.29, 0.717) is 12.2 Å². The van der Waals surface area contributed by atoms with Gasteiger partial charge >= 0.3 is 0 Å². The van der Waals surface area contributed by atoms with Gasteiger partial charge in [-0.25, -0.2) is 4.98 Å². The van der Waals surface area contributed by atoms with Crippen LogP contribution in [0.1, 0.15) is 21.9 Å². The van der Waals surface area contributed by atoms with Crippen LogP contribution in [-0.4, -0.2) is 32.5 Å². The van der Waals surface area contributed by atoms with Gasteiger partial charge in [-0.1, -0.05) is 6.07 Å². The molecule has 140 valence electrons. The number of carbonyl (C=O) groups is 1. The van der Waals surface area contributed by atoms with Gasteiger partial charge in [0.2, 0.25) is 5.88 Å². The number of benzene rings is 1. The zero-order valence-corrected chi connectivity index (χ0v) is 15.3. The molecule has 0 aliphatic carbocycles. The molecule has 0 saturated heterocycles. The van der Waals surface area contributed by atoms with Crippen LogP contribution in [0, 0.1) is 0 Å². The maximum atomic E-state index is 12.4. The molecule has 1 amide bonds. The Morgan fingerprint density at radius 3 is 2.82 bits per heavy atom. The Hall–Kier alpha value is -3.53. The van der Waals surface area contributed by atoms with Gasteiger partial charge in [0.1, 0.15) is 11.5 Å². The van der Waals surface area contributed by atoms with Crippen molar-refractivity contribution in [1.82, 2.24) is 15.0 Å². The molecule has 0 spiro atoms. The normalized spacial score (nSPS) is 13.0. The predicted octanol–water partition coefficient (Wildman–Crippen LogP) is 2.51. The zero-order chi connectivity index (χ0) is 19.7. The molecular formula is C18H14N6O3S. The molecule has 0 atom stereocenters. The number of rotatable bonds is 4. The second kappa shape index (κ2) is 7.24. The number of anilines is 1. The summed E-state index contributed by atoms with van der Waals surface area (Å²) in [5.41, 5.74) is 1.42. The van der Waals surface area contributed by atoms with Crippen LogP contribution in [0.4, 0.5) is 5.69 Å². The van der Waals surface area contributed by atoms with E-state index in [-0.39, 0.29) is 11.6 Å². The molecule has 0 bridgehead atoms. The Balaban J connectivity index is 1.61. The van der Waals surface area contributed by atoms with Crippen molar-refractivity contribution in [2.75, 3.05) is 11.9 Å². The molecule has 1 aliphatic rings. The Labute approximate surface area is 163 Å². The van der Waals surface area contributed by atoms with E-state index in [9.17, 15) is 14.7 Å². The van der Waals surface area contributed by atoms with Gasteiger partial charge in [-0.3, -0.25) is 9.59 Å². The highest BCUT2D eigenvalue weighted by Crippen LogP contribution is 2.24. The zero-order valence-electron chi connectivity index (χ0n) is 14.4. The van der Waals surface area contributed by atoms with E-state index in [0.717, 1.165) is 22.3 Å². The van der Waals surface area contributed by atoms with Crippen LogP contribution in [0.3, 0.4) is 0 Å². The van der Waals surface area contributed by atoms with Crippen LogP contribution in [-0.2, 0) is 5.75 Å². The molecule has 3 heterocycles. The molecule has 0 fully saturated rings. The Kier molecular flexibility index (Phi) is 4.62. The SMILES string of the molecule is O=C(Nc1ccc2nc(C3=CCN=N3)ccc2c1)c1c(O)nc(CS)[nH]c1=O. The lowest BCUT2D eigenvalue weighted by Gasteiger charge is -2.08. The summed E-state index contributed by atoms with van der Waals surface area (Å²) in [6, 6.07) is 8.79. The van der Waals surface area contributed by atoms with Crippen LogP contribution in [0.2, 0.25) is 0 Å². The van der Waals surface area contributed by atoms with Crippen molar-refractivity contribution in [1.29, 1.82) is 0 Å². The molecule has 3 N–H and O–H groups in total. The Morgan fingerprint density at radius 1 is 1.25 bits per heavy atom. The number of thiol groups is 1. The van der Waals surface area contributed by atoms with Gasteiger partial charge in [-0.15, -0.1) is 0 Å². The maximum absolute atomic E-state index is 12.4. The van der Waals surface area contributed by atoms with Crippen molar-refractivity contribution in [3.63, 3.8) is 0 Å². The van der Waals surface area contributed by atoms with Gasteiger partial charge in [0.05, 0.1) is 17.8 Å². The van der Waals surface area contributed by atoms with E-state index in [1.807, 2.05) is 18.2 Å². The highest BCUT2D eigenvalue weighted by Gasteiger charge is 2.19. The van der Waals surface area contributed by atoms with Crippen molar-refractivity contribution < 1.29 is 9.90 Å². The average molecular weight is 394 g/mol. The summed E-state index contributed by atoms with van der Waals surface area (Å²) >= 11 is 3.98. The molecule has 1 aliphatic heterocycles. The highest BCUT2D eigenvalue weighted by molar-refractivity contribution is 7.79. The minimum Gasteiger partial charge on any atom is -0.493 e. The van der Waals surface area contributed by atoms with Crippen LogP contribution >= 0.6 is 12.6 Å². The van der Waals surface area contributed by atoms with Gasteiger partial charge in [0, 0.05) is 16.8 Å². The number of amides is 1. The summed E-state index contributed by atoms with van der Waals surface area (Å²) in [4.78, 5) is 35.1. The smallest absolute Gasteiger partial charge is 0.267 e. The van der Waals surface area contributed by atoms with Crippen LogP contribution in [0.15, 0.2) is 51.4 Å². The van der Waals surface area contributed by atoms with Crippen LogP contribution in [0.25, 0.3) is 16.6 Å². The monoisotopic (exact) mass is 394 g/mol. The quantitative estimate of drug-likeness (QED) is 0.505. The number of carbonyl (C=O) groups excluding carboxylic acids is 1. The van der Waals surface area contributed by atoms with E-state index in [4.69, 9.17) is 0 Å². The van der Waals surface area contributed by atoms with E-state index in [2.05, 4.69) is 43.1 Å². The van der Waals surface area contributed by atoms with Crippen LogP contribution < -0.4 is 10.9 Å². The number of hydrogen-bond acceptors (Lipinski definition) is 8. The van der Waals surface area contributed by atoms with Gasteiger partial charge in [-0.05, 0) is 30.3 Å². The van der Waals surface area contributed by atoms with Crippen molar-refractivity contribution >= 4 is 40.8 Å². The lowest BCUT2D eigenvalue weighted by atomic mass is 10.1.